The molecule has 0 spiro atoms. The van der Waals surface area contributed by atoms with Crippen LogP contribution in [0.1, 0.15) is 5.56 Å². The number of anilines is 1. The molecule has 130 valence electrons. The predicted octanol–water partition coefficient (Wildman–Crippen LogP) is 2.85. The van der Waals surface area contributed by atoms with Gasteiger partial charge in [0.1, 0.15) is 0 Å². The van der Waals surface area contributed by atoms with E-state index in [-0.39, 0.29) is 5.41 Å². The summed E-state index contributed by atoms with van der Waals surface area (Å²) in [6.07, 6.45) is 0.330. The van der Waals surface area contributed by atoms with Crippen molar-refractivity contribution in [1.82, 2.24) is 0 Å². The number of nitrogens with one attached hydrogen (secondary N) is 1. The van der Waals surface area contributed by atoms with E-state index in [1.165, 1.54) is 0 Å². The maximum absolute atomic E-state index is 12.3. The minimum Gasteiger partial charge on any atom is -0.275 e. The van der Waals surface area contributed by atoms with Gasteiger partial charge in [0, 0.05) is 5.41 Å². The van der Waals surface area contributed by atoms with Crippen molar-refractivity contribution in [2.75, 3.05) is 4.72 Å². The van der Waals surface area contributed by atoms with Gasteiger partial charge < -0.3 is 0 Å². The van der Waals surface area contributed by atoms with E-state index in [0.717, 1.165) is 29.0 Å². The average Bonchev–Trinajstić information content (AvgIpc) is 2.34. The molecule has 0 saturated heterocycles. The number of para-hydroxylation sites is 1. The third-order valence-corrected chi connectivity index (χ3v) is 4.50. The van der Waals surface area contributed by atoms with E-state index < -0.39 is 42.1 Å². The lowest BCUT2D eigenvalue weighted by atomic mass is 10.2. The lowest BCUT2D eigenvalue weighted by Gasteiger charge is -2.12. The molecule has 0 aliphatic rings. The fraction of sp³-hybridized carbons (Fsp3) is 0.200. The van der Waals surface area contributed by atoms with E-state index in [4.69, 9.17) is 0 Å². The van der Waals surface area contributed by atoms with Crippen LogP contribution in [0.5, 0.6) is 0 Å². The van der Waals surface area contributed by atoms with Crippen LogP contribution >= 0.6 is 0 Å². The van der Waals surface area contributed by atoms with Gasteiger partial charge >= 0.3 is 21.0 Å². The van der Waals surface area contributed by atoms with Gasteiger partial charge in [-0.1, -0.05) is 18.2 Å². The van der Waals surface area contributed by atoms with E-state index in [1.807, 2.05) is 0 Å². The molecule has 0 heterocycles. The van der Waals surface area contributed by atoms with E-state index >= 15 is 0 Å². The summed E-state index contributed by atoms with van der Waals surface area (Å²) in [4.78, 5) is 0. The van der Waals surface area contributed by atoms with Gasteiger partial charge in [-0.2, -0.15) is 34.8 Å². The summed E-state index contributed by atoms with van der Waals surface area (Å²) >= 11 is 0. The lowest BCUT2D eigenvalue weighted by Crippen LogP contribution is -2.30. The van der Waals surface area contributed by atoms with E-state index in [1.54, 1.807) is 0 Å². The fourth-order valence-electron chi connectivity index (χ4n) is 1.18. The highest BCUT2D eigenvalue weighted by Crippen LogP contribution is 2.29. The number of hydrogen-bond acceptors (Lipinski definition) is 4. The molecule has 0 saturated carbocycles. The molecule has 1 aromatic rings. The minimum absolute atomic E-state index is 0.284. The highest BCUT2D eigenvalue weighted by Gasteiger charge is 2.46. The Hall–Kier alpha value is -1.76. The van der Waals surface area contributed by atoms with Crippen molar-refractivity contribution >= 4 is 31.6 Å². The van der Waals surface area contributed by atoms with Crippen LogP contribution in [0.2, 0.25) is 0 Å². The zero-order chi connectivity index (χ0) is 18.1. The first-order valence-corrected chi connectivity index (χ1v) is 8.38. The lowest BCUT2D eigenvalue weighted by molar-refractivity contribution is -0.0433. The van der Waals surface area contributed by atoms with Crippen molar-refractivity contribution in [2.24, 2.45) is 0 Å². The van der Waals surface area contributed by atoms with Crippen molar-refractivity contribution in [3.05, 3.63) is 35.2 Å². The molecule has 0 amide bonds. The van der Waals surface area contributed by atoms with Crippen molar-refractivity contribution in [3.63, 3.8) is 0 Å². The Kier molecular flexibility index (Phi) is 5.06. The number of rotatable bonds is 4. The Morgan fingerprint density at radius 3 is 1.87 bits per heavy atom. The van der Waals surface area contributed by atoms with Crippen LogP contribution in [0, 0.1) is 0 Å². The molecular formula is C10H7F6NO4S2. The Labute approximate surface area is 126 Å². The molecule has 23 heavy (non-hydrogen) atoms. The molecule has 0 atom stereocenters. The van der Waals surface area contributed by atoms with Crippen LogP contribution in [0.3, 0.4) is 0 Å². The summed E-state index contributed by atoms with van der Waals surface area (Å²) in [6.45, 7) is 0. The molecular weight excluding hydrogens is 376 g/mol. The molecule has 13 heteroatoms. The van der Waals surface area contributed by atoms with Gasteiger partial charge in [0.05, 0.1) is 5.69 Å². The fourth-order valence-corrected chi connectivity index (χ4v) is 2.25. The number of benzene rings is 1. The second kappa shape index (κ2) is 6.03. The van der Waals surface area contributed by atoms with Crippen LogP contribution in [0.4, 0.5) is 32.0 Å². The first kappa shape index (κ1) is 19.3. The van der Waals surface area contributed by atoms with E-state index in [0.29, 0.717) is 6.08 Å². The monoisotopic (exact) mass is 383 g/mol. The standard InChI is InChI=1S/C10H7F6NO4S2/c11-9(12,13)22(18,19)6-5-7-3-1-2-4-8(7)17-23(20,21)10(14,15)16/h1-6,17H/b6-5+. The molecule has 1 N–H and O–H groups in total. The molecule has 0 aromatic heterocycles. The highest BCUT2D eigenvalue weighted by atomic mass is 32.2. The van der Waals surface area contributed by atoms with Crippen LogP contribution < -0.4 is 4.72 Å². The van der Waals surface area contributed by atoms with Gasteiger partial charge in [-0.3, -0.25) is 4.72 Å². The molecule has 0 bridgehead atoms. The van der Waals surface area contributed by atoms with Crippen molar-refractivity contribution in [2.45, 2.75) is 11.0 Å². The quantitative estimate of drug-likeness (QED) is 0.811. The molecule has 0 aliphatic carbocycles. The van der Waals surface area contributed by atoms with Crippen LogP contribution in [-0.4, -0.2) is 27.9 Å². The molecule has 1 rings (SSSR count). The summed E-state index contributed by atoms with van der Waals surface area (Å²) in [5.41, 5.74) is -12.5. The van der Waals surface area contributed by atoms with Crippen molar-refractivity contribution in [1.29, 1.82) is 0 Å². The Balaban J connectivity index is 3.24. The Bertz CT molecular complexity index is 808. The van der Waals surface area contributed by atoms with Gasteiger partial charge in [0.15, 0.2) is 0 Å². The minimum atomic E-state index is -5.81. The number of alkyl halides is 6. The number of halogens is 6. The number of sulfonamides is 1. The number of hydrogen-bond donors (Lipinski definition) is 1. The van der Waals surface area contributed by atoms with Crippen molar-refractivity contribution < 1.29 is 43.2 Å². The molecule has 0 unspecified atom stereocenters. The molecule has 0 radical (unpaired) electrons. The zero-order valence-corrected chi connectivity index (χ0v) is 12.3. The summed E-state index contributed by atoms with van der Waals surface area (Å²) in [7, 11) is -11.5. The summed E-state index contributed by atoms with van der Waals surface area (Å²) in [5, 5.41) is -0.284. The second-order valence-corrected chi connectivity index (χ2v) is 7.43. The van der Waals surface area contributed by atoms with E-state index in [2.05, 4.69) is 0 Å². The Morgan fingerprint density at radius 1 is 0.870 bits per heavy atom. The van der Waals surface area contributed by atoms with Gasteiger partial charge in [-0.25, -0.2) is 8.42 Å². The van der Waals surface area contributed by atoms with Crippen molar-refractivity contribution in [3.8, 4) is 0 Å². The maximum Gasteiger partial charge on any atom is 0.516 e. The first-order valence-electron chi connectivity index (χ1n) is 5.35. The van der Waals surface area contributed by atoms with Crippen LogP contribution in [-0.2, 0) is 19.9 Å². The maximum atomic E-state index is 12.3. The smallest absolute Gasteiger partial charge is 0.275 e. The molecule has 5 nitrogen and oxygen atoms in total. The highest BCUT2D eigenvalue weighted by molar-refractivity contribution is 7.95. The van der Waals surface area contributed by atoms with Gasteiger partial charge in [0.2, 0.25) is 0 Å². The Morgan fingerprint density at radius 2 is 1.39 bits per heavy atom. The topological polar surface area (TPSA) is 80.3 Å². The third kappa shape index (κ3) is 4.60. The average molecular weight is 383 g/mol. The summed E-state index contributed by atoms with van der Waals surface area (Å²) < 4.78 is 118. The first-order chi connectivity index (χ1) is 10.2. The van der Waals surface area contributed by atoms with Gasteiger partial charge in [-0.15, -0.1) is 0 Å². The van der Waals surface area contributed by atoms with Crippen LogP contribution in [0.25, 0.3) is 6.08 Å². The van der Waals surface area contributed by atoms with Crippen LogP contribution in [0.15, 0.2) is 29.7 Å². The predicted molar refractivity (Wildman–Crippen MR) is 69.0 cm³/mol. The zero-order valence-electron chi connectivity index (χ0n) is 10.7. The SMILES string of the molecule is O=S(=O)(/C=C/c1ccccc1NS(=O)(=O)C(F)(F)F)C(F)(F)F. The largest absolute Gasteiger partial charge is 0.516 e. The summed E-state index contributed by atoms with van der Waals surface area (Å²) in [6, 6.07) is 4.01. The van der Waals surface area contributed by atoms with E-state index in [9.17, 15) is 43.2 Å². The molecule has 0 aliphatic heterocycles. The molecule has 1 aromatic carbocycles. The normalized spacial score (nSPS) is 14.2. The molecule has 0 fully saturated rings. The van der Waals surface area contributed by atoms with Gasteiger partial charge in [-0.05, 0) is 17.7 Å². The third-order valence-electron chi connectivity index (χ3n) is 2.26. The summed E-state index contributed by atoms with van der Waals surface area (Å²) in [5.74, 6) is 0. The second-order valence-electron chi connectivity index (χ2n) is 3.93. The number of sulfone groups is 1. The van der Waals surface area contributed by atoms with Gasteiger partial charge in [0.25, 0.3) is 9.84 Å².